The average Bonchev–Trinajstić information content (AvgIpc) is 2.61. The molecule has 5 aromatic rings. The molecule has 0 aliphatic rings. The molecule has 0 saturated carbocycles. The fourth-order valence-corrected chi connectivity index (χ4v) is 3.58. The first-order chi connectivity index (χ1) is 10.9. The molecular formula is C20H12NTi. The van der Waals surface area contributed by atoms with Gasteiger partial charge in [-0.25, -0.2) is 0 Å². The minimum Gasteiger partial charge on any atom is -0.0610 e. The van der Waals surface area contributed by atoms with Crippen molar-refractivity contribution in [2.45, 2.75) is 0 Å². The number of hydrogen-bond donors (Lipinski definition) is 0. The van der Waals surface area contributed by atoms with Gasteiger partial charge in [-0.05, 0) is 43.1 Å². The number of fused-ring (bicyclic) bond motifs is 2. The Kier molecular flexibility index (Phi) is 3.20. The summed E-state index contributed by atoms with van der Waals surface area (Å²) in [4.78, 5) is 0. The molecule has 0 aliphatic heterocycles. The molecule has 0 aromatic heterocycles. The van der Waals surface area contributed by atoms with Crippen LogP contribution >= 0.6 is 0 Å². The zero-order valence-electron chi connectivity index (χ0n) is 11.9. The Balaban J connectivity index is 0.000000602. The van der Waals surface area contributed by atoms with Crippen LogP contribution in [0.5, 0.6) is 0 Å². The SMILES string of the molecule is [N]#[Ti].c1cc2cccc3c4cccc5cccc(c(c1)c23)c54. The van der Waals surface area contributed by atoms with Crippen LogP contribution in [0.2, 0.25) is 0 Å². The van der Waals surface area contributed by atoms with Gasteiger partial charge in [0.1, 0.15) is 0 Å². The normalized spacial score (nSPS) is 11.1. The van der Waals surface area contributed by atoms with Crippen LogP contribution in [0.4, 0.5) is 0 Å². The second kappa shape index (κ2) is 5.23. The minimum atomic E-state index is 1.00. The van der Waals surface area contributed by atoms with Crippen molar-refractivity contribution in [3.05, 3.63) is 72.8 Å². The second-order valence-corrected chi connectivity index (χ2v) is 5.42. The predicted octanol–water partition coefficient (Wildman–Crippen LogP) is 5.75. The Morgan fingerprint density at radius 2 is 0.727 bits per heavy atom. The Bertz CT molecular complexity index is 972. The molecule has 0 heterocycles. The van der Waals surface area contributed by atoms with Gasteiger partial charge in [0, 0.05) is 0 Å². The molecule has 0 bridgehead atoms. The maximum atomic E-state index is 7.00. The van der Waals surface area contributed by atoms with Crippen LogP contribution in [0.3, 0.4) is 0 Å². The molecule has 0 aliphatic carbocycles. The van der Waals surface area contributed by atoms with Crippen LogP contribution in [0.25, 0.3) is 43.1 Å². The van der Waals surface area contributed by atoms with Crippen LogP contribution in [0.15, 0.2) is 72.8 Å². The summed E-state index contributed by atoms with van der Waals surface area (Å²) in [7, 11) is 0. The van der Waals surface area contributed by atoms with E-state index in [2.05, 4.69) is 72.8 Å². The Hall–Kier alpha value is -2.18. The molecular weight excluding hydrogens is 302 g/mol. The average molecular weight is 314 g/mol. The fourth-order valence-electron chi connectivity index (χ4n) is 3.58. The molecule has 22 heavy (non-hydrogen) atoms. The summed E-state index contributed by atoms with van der Waals surface area (Å²) >= 11 is 1.00. The zero-order valence-corrected chi connectivity index (χ0v) is 13.4. The summed E-state index contributed by atoms with van der Waals surface area (Å²) in [6, 6.07) is 26.4. The molecule has 0 radical (unpaired) electrons. The van der Waals surface area contributed by atoms with E-state index in [9.17, 15) is 0 Å². The Labute approximate surface area is 139 Å². The van der Waals surface area contributed by atoms with Crippen LogP contribution in [0.1, 0.15) is 0 Å². The van der Waals surface area contributed by atoms with E-state index in [1.807, 2.05) is 0 Å². The molecule has 0 N–H and O–H groups in total. The standard InChI is InChI=1S/C20H12.N.Ti/c1-5-13-6-2-11-17-18-12-4-8-14-7-3-10-16(20(14)18)15(9-1)19(13)17;;/h1-12H;;. The summed E-state index contributed by atoms with van der Waals surface area (Å²) in [6.45, 7) is 0. The molecule has 1 nitrogen and oxygen atoms in total. The first kappa shape index (κ1) is 13.5. The van der Waals surface area contributed by atoms with E-state index in [1.54, 1.807) is 0 Å². The van der Waals surface area contributed by atoms with Gasteiger partial charge in [0.25, 0.3) is 0 Å². The summed E-state index contributed by atoms with van der Waals surface area (Å²) in [5, 5.41) is 10.9. The van der Waals surface area contributed by atoms with Crippen molar-refractivity contribution in [2.24, 2.45) is 0 Å². The second-order valence-electron chi connectivity index (χ2n) is 5.42. The van der Waals surface area contributed by atoms with E-state index < -0.39 is 0 Å². The van der Waals surface area contributed by atoms with Crippen LogP contribution in [0, 0.1) is 3.65 Å². The minimum absolute atomic E-state index is 1.00. The van der Waals surface area contributed by atoms with Gasteiger partial charge in [-0.1, -0.05) is 72.8 Å². The number of hydrogen-bond acceptors (Lipinski definition) is 1. The van der Waals surface area contributed by atoms with Crippen molar-refractivity contribution >= 4 is 43.1 Å². The molecule has 0 atom stereocenters. The number of nitrogens with zero attached hydrogens (tertiary/aromatic N) is 1. The van der Waals surface area contributed by atoms with Gasteiger partial charge < -0.3 is 0 Å². The van der Waals surface area contributed by atoms with E-state index in [4.69, 9.17) is 3.65 Å². The van der Waals surface area contributed by atoms with Crippen LogP contribution in [-0.2, 0) is 20.1 Å². The van der Waals surface area contributed by atoms with Gasteiger partial charge in [0.05, 0.1) is 0 Å². The topological polar surface area (TPSA) is 23.8 Å². The fraction of sp³-hybridized carbons (Fsp3) is 0. The van der Waals surface area contributed by atoms with Crippen molar-refractivity contribution in [1.29, 1.82) is 3.65 Å². The van der Waals surface area contributed by atoms with E-state index in [0.717, 1.165) is 20.1 Å². The maximum absolute atomic E-state index is 7.00. The number of benzene rings is 5. The maximum Gasteiger partial charge on any atom is -0.00264 e. The Morgan fingerprint density at radius 3 is 1.00 bits per heavy atom. The quantitative estimate of drug-likeness (QED) is 0.203. The third-order valence-electron chi connectivity index (χ3n) is 4.39. The first-order valence-corrected chi connectivity index (χ1v) is 7.90. The van der Waals surface area contributed by atoms with E-state index in [0.29, 0.717) is 0 Å². The summed E-state index contributed by atoms with van der Waals surface area (Å²) in [5.41, 5.74) is 0. The third kappa shape index (κ3) is 1.74. The molecule has 0 amide bonds. The van der Waals surface area contributed by atoms with Crippen LogP contribution in [-0.4, -0.2) is 0 Å². The third-order valence-corrected chi connectivity index (χ3v) is 4.39. The summed E-state index contributed by atoms with van der Waals surface area (Å²) in [6.07, 6.45) is 0. The van der Waals surface area contributed by atoms with Crippen molar-refractivity contribution < 1.29 is 20.1 Å². The molecule has 5 aromatic carbocycles. The van der Waals surface area contributed by atoms with E-state index >= 15 is 0 Å². The molecule has 0 saturated heterocycles. The smallest absolute Gasteiger partial charge is 0.00264 e. The van der Waals surface area contributed by atoms with E-state index in [1.165, 1.54) is 43.1 Å². The van der Waals surface area contributed by atoms with Gasteiger partial charge in [-0.2, -0.15) is 0 Å². The predicted molar refractivity (Wildman–Crippen MR) is 89.4 cm³/mol. The van der Waals surface area contributed by atoms with Gasteiger partial charge >= 0.3 is 23.7 Å². The van der Waals surface area contributed by atoms with E-state index in [-0.39, 0.29) is 0 Å². The van der Waals surface area contributed by atoms with Crippen molar-refractivity contribution in [3.63, 3.8) is 0 Å². The Morgan fingerprint density at radius 1 is 0.455 bits per heavy atom. The van der Waals surface area contributed by atoms with Gasteiger partial charge in [-0.3, -0.25) is 0 Å². The van der Waals surface area contributed by atoms with Crippen LogP contribution < -0.4 is 0 Å². The van der Waals surface area contributed by atoms with Gasteiger partial charge in [-0.15, -0.1) is 0 Å². The summed E-state index contributed by atoms with van der Waals surface area (Å²) in [5.74, 6) is 0. The zero-order chi connectivity index (χ0) is 15.1. The van der Waals surface area contributed by atoms with Crippen molar-refractivity contribution in [1.82, 2.24) is 0 Å². The number of rotatable bonds is 0. The first-order valence-electron chi connectivity index (χ1n) is 7.20. The van der Waals surface area contributed by atoms with Crippen molar-refractivity contribution in [3.8, 4) is 0 Å². The molecule has 101 valence electrons. The molecule has 5 rings (SSSR count). The molecule has 2 heteroatoms. The van der Waals surface area contributed by atoms with Gasteiger partial charge in [0.2, 0.25) is 0 Å². The summed E-state index contributed by atoms with van der Waals surface area (Å²) < 4.78 is 7.00. The van der Waals surface area contributed by atoms with Gasteiger partial charge in [0.15, 0.2) is 0 Å². The monoisotopic (exact) mass is 314 g/mol. The van der Waals surface area contributed by atoms with Crippen molar-refractivity contribution in [2.75, 3.05) is 0 Å². The molecule has 0 spiro atoms. The molecule has 0 unspecified atom stereocenters. The largest absolute Gasteiger partial charge is 0.0610 e. The molecule has 0 fully saturated rings.